The largest absolute Gasteiger partial charge is 0.298 e. The fourth-order valence-electron chi connectivity index (χ4n) is 1.84. The summed E-state index contributed by atoms with van der Waals surface area (Å²) < 4.78 is 0. The predicted octanol–water partition coefficient (Wildman–Crippen LogP) is 3.12. The minimum Gasteiger partial charge on any atom is -0.298 e. The first-order valence-electron chi connectivity index (χ1n) is 5.34. The Labute approximate surface area is 95.0 Å². The van der Waals surface area contributed by atoms with Crippen molar-refractivity contribution in [2.24, 2.45) is 0 Å². The number of aldehydes is 1. The third kappa shape index (κ3) is 1.87. The second-order valence-electron chi connectivity index (χ2n) is 3.59. The molecule has 0 N–H and O–H groups in total. The van der Waals surface area contributed by atoms with Crippen molar-refractivity contribution in [3.05, 3.63) is 53.9 Å². The second-order valence-corrected chi connectivity index (χ2v) is 3.59. The fraction of sp³-hybridized carbons (Fsp3) is 0.143. The summed E-state index contributed by atoms with van der Waals surface area (Å²) in [6, 6.07) is 10.0. The number of pyridine rings is 1. The number of aromatic nitrogens is 1. The molecule has 0 fully saturated rings. The number of rotatable bonds is 3. The van der Waals surface area contributed by atoms with Crippen LogP contribution in [0.2, 0.25) is 0 Å². The molecule has 1 aromatic heterocycles. The molecule has 16 heavy (non-hydrogen) atoms. The van der Waals surface area contributed by atoms with E-state index < -0.39 is 0 Å². The van der Waals surface area contributed by atoms with Gasteiger partial charge in [-0.2, -0.15) is 0 Å². The molecule has 0 atom stereocenters. The zero-order valence-corrected chi connectivity index (χ0v) is 9.18. The van der Waals surface area contributed by atoms with E-state index in [0.29, 0.717) is 5.56 Å². The molecular weight excluding hydrogens is 198 g/mol. The van der Waals surface area contributed by atoms with Crippen LogP contribution in [0.25, 0.3) is 11.1 Å². The Hall–Kier alpha value is -1.96. The van der Waals surface area contributed by atoms with Crippen LogP contribution in [0.1, 0.15) is 22.8 Å². The third-order valence-corrected chi connectivity index (χ3v) is 2.67. The minimum absolute atomic E-state index is 0.642. The number of hydrogen-bond acceptors (Lipinski definition) is 2. The molecule has 2 rings (SSSR count). The standard InChI is InChI=1S/C14H13NO/c1-2-11-5-3-4-6-13(11)14-7-8-15-9-12(14)10-16/h3-10H,2H2,1H3. The first-order chi connectivity index (χ1) is 7.86. The highest BCUT2D eigenvalue weighted by Crippen LogP contribution is 2.25. The molecule has 0 radical (unpaired) electrons. The Bertz CT molecular complexity index is 506. The lowest BCUT2D eigenvalue weighted by molar-refractivity contribution is 0.112. The van der Waals surface area contributed by atoms with Crippen molar-refractivity contribution in [3.63, 3.8) is 0 Å². The smallest absolute Gasteiger partial charge is 0.152 e. The van der Waals surface area contributed by atoms with Crippen LogP contribution in [0.15, 0.2) is 42.7 Å². The third-order valence-electron chi connectivity index (χ3n) is 2.67. The Morgan fingerprint density at radius 1 is 1.19 bits per heavy atom. The molecule has 0 aliphatic carbocycles. The van der Waals surface area contributed by atoms with Crippen LogP contribution >= 0.6 is 0 Å². The highest BCUT2D eigenvalue weighted by molar-refractivity contribution is 5.87. The monoisotopic (exact) mass is 211 g/mol. The SMILES string of the molecule is CCc1ccccc1-c1ccncc1C=O. The molecule has 80 valence electrons. The zero-order chi connectivity index (χ0) is 11.4. The summed E-state index contributed by atoms with van der Waals surface area (Å²) in [6.45, 7) is 2.11. The molecule has 0 unspecified atom stereocenters. The van der Waals surface area contributed by atoms with Crippen molar-refractivity contribution in [2.45, 2.75) is 13.3 Å². The molecule has 0 bridgehead atoms. The van der Waals surface area contributed by atoms with Crippen molar-refractivity contribution in [3.8, 4) is 11.1 Å². The van der Waals surface area contributed by atoms with Gasteiger partial charge in [0.1, 0.15) is 0 Å². The Kier molecular flexibility index (Phi) is 3.10. The highest BCUT2D eigenvalue weighted by Gasteiger charge is 2.07. The number of benzene rings is 1. The maximum atomic E-state index is 11.0. The highest BCUT2D eigenvalue weighted by atomic mass is 16.1. The van der Waals surface area contributed by atoms with Crippen molar-refractivity contribution < 1.29 is 4.79 Å². The Morgan fingerprint density at radius 3 is 2.75 bits per heavy atom. The number of carbonyl (C=O) groups excluding carboxylic acids is 1. The Balaban J connectivity index is 2.62. The van der Waals surface area contributed by atoms with Crippen LogP contribution in [0.3, 0.4) is 0 Å². The van der Waals surface area contributed by atoms with Gasteiger partial charge in [-0.25, -0.2) is 0 Å². The van der Waals surface area contributed by atoms with Gasteiger partial charge in [0.2, 0.25) is 0 Å². The van der Waals surface area contributed by atoms with Gasteiger partial charge in [-0.05, 0) is 29.2 Å². The van der Waals surface area contributed by atoms with Gasteiger partial charge in [0.05, 0.1) is 0 Å². The summed E-state index contributed by atoms with van der Waals surface area (Å²) >= 11 is 0. The predicted molar refractivity (Wildman–Crippen MR) is 64.4 cm³/mol. The summed E-state index contributed by atoms with van der Waals surface area (Å²) in [5.41, 5.74) is 3.97. The molecule has 0 aliphatic rings. The number of aryl methyl sites for hydroxylation is 1. The van der Waals surface area contributed by atoms with Gasteiger partial charge in [-0.3, -0.25) is 9.78 Å². The van der Waals surface area contributed by atoms with E-state index in [1.165, 1.54) is 5.56 Å². The van der Waals surface area contributed by atoms with Crippen LogP contribution in [0, 0.1) is 0 Å². The summed E-state index contributed by atoms with van der Waals surface area (Å²) in [5.74, 6) is 0. The van der Waals surface area contributed by atoms with Gasteiger partial charge < -0.3 is 0 Å². The summed E-state index contributed by atoms with van der Waals surface area (Å²) in [5, 5.41) is 0. The molecule has 2 aromatic rings. The number of nitrogens with zero attached hydrogens (tertiary/aromatic N) is 1. The molecule has 1 heterocycles. The van der Waals surface area contributed by atoms with E-state index in [1.807, 2.05) is 24.3 Å². The van der Waals surface area contributed by atoms with E-state index in [-0.39, 0.29) is 0 Å². The van der Waals surface area contributed by atoms with Gasteiger partial charge in [-0.1, -0.05) is 31.2 Å². The van der Waals surface area contributed by atoms with Gasteiger partial charge in [0.25, 0.3) is 0 Å². The van der Waals surface area contributed by atoms with E-state index in [0.717, 1.165) is 23.8 Å². The quantitative estimate of drug-likeness (QED) is 0.730. The molecule has 0 saturated heterocycles. The van der Waals surface area contributed by atoms with E-state index in [9.17, 15) is 4.79 Å². The lowest BCUT2D eigenvalue weighted by Crippen LogP contribution is -1.92. The maximum Gasteiger partial charge on any atom is 0.152 e. The van der Waals surface area contributed by atoms with Gasteiger partial charge in [-0.15, -0.1) is 0 Å². The zero-order valence-electron chi connectivity index (χ0n) is 9.18. The van der Waals surface area contributed by atoms with Gasteiger partial charge >= 0.3 is 0 Å². The minimum atomic E-state index is 0.642. The van der Waals surface area contributed by atoms with E-state index in [1.54, 1.807) is 12.4 Å². The molecule has 0 amide bonds. The average Bonchev–Trinajstić information content (AvgIpc) is 2.38. The van der Waals surface area contributed by atoms with Crippen LogP contribution < -0.4 is 0 Å². The fourth-order valence-corrected chi connectivity index (χ4v) is 1.84. The molecular formula is C14H13NO. The Morgan fingerprint density at radius 2 is 2.00 bits per heavy atom. The molecule has 1 aromatic carbocycles. The first kappa shape index (κ1) is 10.6. The van der Waals surface area contributed by atoms with Crippen LogP contribution in [-0.2, 0) is 6.42 Å². The number of carbonyl (C=O) groups is 1. The maximum absolute atomic E-state index is 11.0. The van der Waals surface area contributed by atoms with Crippen molar-refractivity contribution in [1.29, 1.82) is 0 Å². The second kappa shape index (κ2) is 4.71. The van der Waals surface area contributed by atoms with E-state index in [4.69, 9.17) is 0 Å². The van der Waals surface area contributed by atoms with Crippen LogP contribution in [-0.4, -0.2) is 11.3 Å². The molecule has 0 spiro atoms. The normalized spacial score (nSPS) is 10.1. The first-order valence-corrected chi connectivity index (χ1v) is 5.34. The topological polar surface area (TPSA) is 30.0 Å². The number of hydrogen-bond donors (Lipinski definition) is 0. The average molecular weight is 211 g/mol. The summed E-state index contributed by atoms with van der Waals surface area (Å²) in [7, 11) is 0. The van der Waals surface area contributed by atoms with Crippen LogP contribution in [0.4, 0.5) is 0 Å². The van der Waals surface area contributed by atoms with Gasteiger partial charge in [0.15, 0.2) is 6.29 Å². The van der Waals surface area contributed by atoms with Crippen LogP contribution in [0.5, 0.6) is 0 Å². The molecule has 2 nitrogen and oxygen atoms in total. The molecule has 0 aliphatic heterocycles. The molecule has 2 heteroatoms. The van der Waals surface area contributed by atoms with E-state index in [2.05, 4.69) is 18.0 Å². The van der Waals surface area contributed by atoms with Crippen molar-refractivity contribution in [1.82, 2.24) is 4.98 Å². The van der Waals surface area contributed by atoms with E-state index >= 15 is 0 Å². The van der Waals surface area contributed by atoms with Crippen molar-refractivity contribution >= 4 is 6.29 Å². The van der Waals surface area contributed by atoms with Crippen molar-refractivity contribution in [2.75, 3.05) is 0 Å². The van der Waals surface area contributed by atoms with Gasteiger partial charge in [0, 0.05) is 18.0 Å². The summed E-state index contributed by atoms with van der Waals surface area (Å²) in [4.78, 5) is 14.9. The lowest BCUT2D eigenvalue weighted by atomic mass is 9.96. The lowest BCUT2D eigenvalue weighted by Gasteiger charge is -2.09. The molecule has 0 saturated carbocycles. The summed E-state index contributed by atoms with van der Waals surface area (Å²) in [6.07, 6.45) is 5.13.